The van der Waals surface area contributed by atoms with Gasteiger partial charge >= 0.3 is 0 Å². The Morgan fingerprint density at radius 3 is 3.00 bits per heavy atom. The number of hydrogen-bond donors (Lipinski definition) is 1. The highest BCUT2D eigenvalue weighted by atomic mass is 35.5. The first-order valence-corrected chi connectivity index (χ1v) is 6.88. The Kier molecular flexibility index (Phi) is 4.74. The second-order valence-electron chi connectivity index (χ2n) is 4.55. The van der Waals surface area contributed by atoms with Crippen LogP contribution >= 0.6 is 11.6 Å². The van der Waals surface area contributed by atoms with Crippen LogP contribution in [0.2, 0.25) is 0 Å². The number of amides is 1. The lowest BCUT2D eigenvalue weighted by molar-refractivity contribution is 0.0954. The quantitative estimate of drug-likeness (QED) is 0.672. The average Bonchev–Trinajstić information content (AvgIpc) is 2.42. The molecule has 0 fully saturated rings. The smallest absolute Gasteiger partial charge is 0.251 e. The van der Waals surface area contributed by atoms with Gasteiger partial charge < -0.3 is 5.32 Å². The molecule has 4 heteroatoms. The third-order valence-electron chi connectivity index (χ3n) is 2.95. The van der Waals surface area contributed by atoms with E-state index in [1.807, 2.05) is 37.3 Å². The summed E-state index contributed by atoms with van der Waals surface area (Å²) >= 11 is 5.87. The zero-order chi connectivity index (χ0) is 13.7. The van der Waals surface area contributed by atoms with Crippen molar-refractivity contribution in [2.75, 3.05) is 6.54 Å². The van der Waals surface area contributed by atoms with Crippen molar-refractivity contribution < 1.29 is 4.79 Å². The van der Waals surface area contributed by atoms with Crippen LogP contribution in [0, 0.1) is 0 Å². The monoisotopic (exact) mass is 276 g/mol. The second-order valence-corrected chi connectivity index (χ2v) is 5.30. The van der Waals surface area contributed by atoms with E-state index in [9.17, 15) is 4.79 Å². The molecule has 1 atom stereocenters. The highest BCUT2D eigenvalue weighted by molar-refractivity contribution is 6.20. The third-order valence-corrected chi connectivity index (χ3v) is 3.17. The molecule has 0 saturated heterocycles. The van der Waals surface area contributed by atoms with E-state index >= 15 is 0 Å². The molecule has 1 aromatic carbocycles. The molecule has 0 saturated carbocycles. The topological polar surface area (TPSA) is 42.0 Å². The Balaban J connectivity index is 2.05. The summed E-state index contributed by atoms with van der Waals surface area (Å²) in [6, 6.07) is 9.34. The standard InChI is InChI=1S/C15H17ClN2O/c1-11(16)5-3-10-18-15(19)13-6-2-8-14-12(13)7-4-9-17-14/h2,4,6-9,11H,3,5,10H2,1H3,(H,18,19). The summed E-state index contributed by atoms with van der Waals surface area (Å²) in [6.45, 7) is 2.60. The lowest BCUT2D eigenvalue weighted by Crippen LogP contribution is -2.25. The largest absolute Gasteiger partial charge is 0.352 e. The summed E-state index contributed by atoms with van der Waals surface area (Å²) in [6.07, 6.45) is 3.52. The van der Waals surface area contributed by atoms with Gasteiger partial charge in [0, 0.05) is 29.1 Å². The lowest BCUT2D eigenvalue weighted by atomic mass is 10.1. The minimum atomic E-state index is -0.0548. The molecule has 0 aliphatic rings. The number of alkyl halides is 1. The first kappa shape index (κ1) is 13.8. The Labute approximate surface area is 118 Å². The van der Waals surface area contributed by atoms with Crippen LogP contribution in [-0.2, 0) is 0 Å². The molecule has 1 amide bonds. The average molecular weight is 277 g/mol. The van der Waals surface area contributed by atoms with Crippen molar-refractivity contribution in [3.8, 4) is 0 Å². The number of carbonyl (C=O) groups excluding carboxylic acids is 1. The molecule has 1 N–H and O–H groups in total. The van der Waals surface area contributed by atoms with Gasteiger partial charge in [-0.15, -0.1) is 11.6 Å². The van der Waals surface area contributed by atoms with Crippen LogP contribution in [-0.4, -0.2) is 22.8 Å². The molecule has 0 aliphatic heterocycles. The number of benzene rings is 1. The van der Waals surface area contributed by atoms with Crippen LogP contribution in [0.15, 0.2) is 36.5 Å². The van der Waals surface area contributed by atoms with Crippen LogP contribution in [0.5, 0.6) is 0 Å². The highest BCUT2D eigenvalue weighted by Gasteiger charge is 2.09. The predicted molar refractivity (Wildman–Crippen MR) is 78.6 cm³/mol. The summed E-state index contributed by atoms with van der Waals surface area (Å²) in [5, 5.41) is 3.96. The number of aromatic nitrogens is 1. The summed E-state index contributed by atoms with van der Waals surface area (Å²) in [5.74, 6) is -0.0548. The van der Waals surface area contributed by atoms with E-state index in [1.54, 1.807) is 6.20 Å². The molecule has 0 radical (unpaired) electrons. The van der Waals surface area contributed by atoms with Crippen LogP contribution in [0.3, 0.4) is 0 Å². The van der Waals surface area contributed by atoms with Crippen molar-refractivity contribution in [2.24, 2.45) is 0 Å². The Morgan fingerprint density at radius 2 is 2.21 bits per heavy atom. The molecule has 2 aromatic rings. The zero-order valence-electron chi connectivity index (χ0n) is 10.9. The number of halogens is 1. The molecule has 3 nitrogen and oxygen atoms in total. The number of nitrogens with zero attached hydrogens (tertiary/aromatic N) is 1. The molecular formula is C15H17ClN2O. The lowest BCUT2D eigenvalue weighted by Gasteiger charge is -2.08. The van der Waals surface area contributed by atoms with Gasteiger partial charge in [0.15, 0.2) is 0 Å². The predicted octanol–water partition coefficient (Wildman–Crippen LogP) is 3.37. The third kappa shape index (κ3) is 3.67. The zero-order valence-corrected chi connectivity index (χ0v) is 11.7. The van der Waals surface area contributed by atoms with E-state index in [1.165, 1.54) is 0 Å². The number of nitrogens with one attached hydrogen (secondary N) is 1. The van der Waals surface area contributed by atoms with E-state index in [2.05, 4.69) is 10.3 Å². The second kappa shape index (κ2) is 6.53. The Hall–Kier alpha value is -1.61. The number of pyridine rings is 1. The van der Waals surface area contributed by atoms with Gasteiger partial charge in [-0.2, -0.15) is 0 Å². The fourth-order valence-corrected chi connectivity index (χ4v) is 2.14. The van der Waals surface area contributed by atoms with Crippen molar-refractivity contribution in [1.29, 1.82) is 0 Å². The summed E-state index contributed by atoms with van der Waals surface area (Å²) in [4.78, 5) is 16.4. The van der Waals surface area contributed by atoms with Gasteiger partial charge in [-0.05, 0) is 38.0 Å². The summed E-state index contributed by atoms with van der Waals surface area (Å²) in [5.41, 5.74) is 1.51. The van der Waals surface area contributed by atoms with E-state index < -0.39 is 0 Å². The van der Waals surface area contributed by atoms with Gasteiger partial charge in [-0.25, -0.2) is 0 Å². The van der Waals surface area contributed by atoms with Crippen LogP contribution in [0.1, 0.15) is 30.1 Å². The van der Waals surface area contributed by atoms with Crippen molar-refractivity contribution in [2.45, 2.75) is 25.1 Å². The van der Waals surface area contributed by atoms with E-state index in [4.69, 9.17) is 11.6 Å². The van der Waals surface area contributed by atoms with Crippen molar-refractivity contribution in [3.05, 3.63) is 42.1 Å². The van der Waals surface area contributed by atoms with Gasteiger partial charge in [0.2, 0.25) is 0 Å². The minimum Gasteiger partial charge on any atom is -0.352 e. The molecule has 0 spiro atoms. The van der Waals surface area contributed by atoms with Crippen molar-refractivity contribution in [1.82, 2.24) is 10.3 Å². The van der Waals surface area contributed by atoms with E-state index in [0.29, 0.717) is 12.1 Å². The Bertz CT molecular complexity index is 564. The van der Waals surface area contributed by atoms with Gasteiger partial charge in [-0.3, -0.25) is 9.78 Å². The first-order chi connectivity index (χ1) is 9.18. The molecule has 19 heavy (non-hydrogen) atoms. The number of hydrogen-bond acceptors (Lipinski definition) is 2. The number of rotatable bonds is 5. The van der Waals surface area contributed by atoms with Gasteiger partial charge in [0.1, 0.15) is 0 Å². The number of fused-ring (bicyclic) bond motifs is 1. The molecule has 100 valence electrons. The molecule has 1 aromatic heterocycles. The van der Waals surface area contributed by atoms with Gasteiger partial charge in [0.25, 0.3) is 5.91 Å². The molecular weight excluding hydrogens is 260 g/mol. The maximum absolute atomic E-state index is 12.1. The highest BCUT2D eigenvalue weighted by Crippen LogP contribution is 2.16. The van der Waals surface area contributed by atoms with Gasteiger partial charge in [-0.1, -0.05) is 12.1 Å². The van der Waals surface area contributed by atoms with Crippen LogP contribution < -0.4 is 5.32 Å². The van der Waals surface area contributed by atoms with Gasteiger partial charge in [0.05, 0.1) is 5.52 Å². The summed E-state index contributed by atoms with van der Waals surface area (Å²) in [7, 11) is 0. The normalized spacial score (nSPS) is 12.3. The van der Waals surface area contributed by atoms with Crippen molar-refractivity contribution >= 4 is 28.4 Å². The fourth-order valence-electron chi connectivity index (χ4n) is 1.98. The molecule has 0 bridgehead atoms. The number of carbonyl (C=O) groups is 1. The minimum absolute atomic E-state index is 0.0548. The van der Waals surface area contributed by atoms with Crippen molar-refractivity contribution in [3.63, 3.8) is 0 Å². The molecule has 2 rings (SSSR count). The van der Waals surface area contributed by atoms with E-state index in [-0.39, 0.29) is 11.3 Å². The SMILES string of the molecule is CC(Cl)CCCNC(=O)c1cccc2ncccc12. The first-order valence-electron chi connectivity index (χ1n) is 6.44. The molecule has 0 aliphatic carbocycles. The van der Waals surface area contributed by atoms with E-state index in [0.717, 1.165) is 23.7 Å². The summed E-state index contributed by atoms with van der Waals surface area (Å²) < 4.78 is 0. The molecule has 1 heterocycles. The van der Waals surface area contributed by atoms with Crippen LogP contribution in [0.4, 0.5) is 0 Å². The maximum atomic E-state index is 12.1. The Morgan fingerprint density at radius 1 is 1.37 bits per heavy atom. The molecule has 1 unspecified atom stereocenters. The van der Waals surface area contributed by atoms with Crippen LogP contribution in [0.25, 0.3) is 10.9 Å². The fraction of sp³-hybridized carbons (Fsp3) is 0.333. The maximum Gasteiger partial charge on any atom is 0.251 e.